The molecule has 0 saturated heterocycles. The molecule has 2 aromatic rings. The first kappa shape index (κ1) is 14.8. The summed E-state index contributed by atoms with van der Waals surface area (Å²) >= 11 is 0. The molecule has 0 aliphatic carbocycles. The van der Waals surface area contributed by atoms with Crippen LogP contribution >= 0.6 is 0 Å². The van der Waals surface area contributed by atoms with Crippen LogP contribution in [0.4, 0.5) is 14.9 Å². The van der Waals surface area contributed by atoms with Crippen LogP contribution in [0.5, 0.6) is 5.75 Å². The van der Waals surface area contributed by atoms with E-state index in [0.717, 1.165) is 5.56 Å². The summed E-state index contributed by atoms with van der Waals surface area (Å²) in [4.78, 5) is 13.5. The van der Waals surface area contributed by atoms with Crippen LogP contribution in [0.1, 0.15) is 11.1 Å². The molecule has 0 unspecified atom stereocenters. The minimum absolute atomic E-state index is 0.181. The van der Waals surface area contributed by atoms with Crippen molar-refractivity contribution in [2.75, 3.05) is 12.4 Å². The van der Waals surface area contributed by atoms with E-state index in [0.29, 0.717) is 17.8 Å². The Bertz CT molecular complexity index is 641. The quantitative estimate of drug-likeness (QED) is 0.908. The molecular weight excluding hydrogens is 271 g/mol. The molecule has 2 amide bonds. The van der Waals surface area contributed by atoms with Gasteiger partial charge < -0.3 is 15.3 Å². The van der Waals surface area contributed by atoms with Gasteiger partial charge in [0.15, 0.2) is 0 Å². The molecule has 0 saturated carbocycles. The molecule has 4 nitrogen and oxygen atoms in total. The Kier molecular flexibility index (Phi) is 4.42. The minimum Gasteiger partial charge on any atom is -0.508 e. The number of rotatable bonds is 3. The molecule has 0 aliphatic heterocycles. The third-order valence-corrected chi connectivity index (χ3v) is 3.13. The van der Waals surface area contributed by atoms with Crippen molar-refractivity contribution in [2.24, 2.45) is 0 Å². The van der Waals surface area contributed by atoms with Gasteiger partial charge in [-0.15, -0.1) is 0 Å². The van der Waals surface area contributed by atoms with Crippen molar-refractivity contribution >= 4 is 11.7 Å². The molecule has 0 bridgehead atoms. The van der Waals surface area contributed by atoms with Crippen molar-refractivity contribution < 1.29 is 14.3 Å². The maximum absolute atomic E-state index is 13.4. The lowest BCUT2D eigenvalue weighted by Crippen LogP contribution is -2.30. The Balaban J connectivity index is 1.98. The number of aryl methyl sites for hydroxylation is 1. The number of anilines is 1. The SMILES string of the molecule is Cc1ccc(NC(=O)N(C)Cc2ccc(O)cc2)cc1F. The topological polar surface area (TPSA) is 52.6 Å². The maximum atomic E-state index is 13.4. The van der Waals surface area contributed by atoms with Gasteiger partial charge in [-0.05, 0) is 42.3 Å². The molecule has 5 heteroatoms. The number of halogens is 1. The number of nitrogens with one attached hydrogen (secondary N) is 1. The first-order chi connectivity index (χ1) is 9.95. The van der Waals surface area contributed by atoms with Gasteiger partial charge in [0, 0.05) is 19.3 Å². The lowest BCUT2D eigenvalue weighted by molar-refractivity contribution is 0.220. The highest BCUT2D eigenvalue weighted by atomic mass is 19.1. The largest absolute Gasteiger partial charge is 0.508 e. The van der Waals surface area contributed by atoms with Crippen LogP contribution in [0.25, 0.3) is 0 Å². The molecule has 2 rings (SSSR count). The summed E-state index contributed by atoms with van der Waals surface area (Å²) in [5, 5.41) is 11.9. The zero-order valence-electron chi connectivity index (χ0n) is 11.9. The van der Waals surface area contributed by atoms with Crippen LogP contribution in [0.3, 0.4) is 0 Å². The lowest BCUT2D eigenvalue weighted by Gasteiger charge is -2.18. The van der Waals surface area contributed by atoms with Crippen molar-refractivity contribution in [1.82, 2.24) is 4.90 Å². The second kappa shape index (κ2) is 6.26. The summed E-state index contributed by atoms with van der Waals surface area (Å²) in [6, 6.07) is 10.9. The van der Waals surface area contributed by atoms with Gasteiger partial charge in [0.25, 0.3) is 0 Å². The maximum Gasteiger partial charge on any atom is 0.321 e. The van der Waals surface area contributed by atoms with Gasteiger partial charge in [0.2, 0.25) is 0 Å². The Labute approximate surface area is 122 Å². The Morgan fingerprint density at radius 3 is 2.52 bits per heavy atom. The van der Waals surface area contributed by atoms with E-state index >= 15 is 0 Å². The van der Waals surface area contributed by atoms with Gasteiger partial charge in [-0.3, -0.25) is 0 Å². The first-order valence-corrected chi connectivity index (χ1v) is 6.52. The fraction of sp³-hybridized carbons (Fsp3) is 0.188. The predicted molar refractivity (Wildman–Crippen MR) is 79.7 cm³/mol. The number of nitrogens with zero attached hydrogens (tertiary/aromatic N) is 1. The minimum atomic E-state index is -0.353. The predicted octanol–water partition coefficient (Wildman–Crippen LogP) is 3.50. The molecule has 2 N–H and O–H groups in total. The van der Waals surface area contributed by atoms with Gasteiger partial charge in [0.05, 0.1) is 0 Å². The summed E-state index contributed by atoms with van der Waals surface area (Å²) in [7, 11) is 1.65. The van der Waals surface area contributed by atoms with E-state index in [1.165, 1.54) is 11.0 Å². The van der Waals surface area contributed by atoms with Gasteiger partial charge >= 0.3 is 6.03 Å². The van der Waals surface area contributed by atoms with Crippen LogP contribution in [0.2, 0.25) is 0 Å². The molecule has 0 spiro atoms. The zero-order chi connectivity index (χ0) is 15.4. The van der Waals surface area contributed by atoms with E-state index in [-0.39, 0.29) is 17.6 Å². The Morgan fingerprint density at radius 2 is 1.90 bits per heavy atom. The van der Waals surface area contributed by atoms with E-state index in [2.05, 4.69) is 5.32 Å². The summed E-state index contributed by atoms with van der Waals surface area (Å²) in [5.41, 5.74) is 1.84. The number of phenolic OH excluding ortho intramolecular Hbond substituents is 1. The Morgan fingerprint density at radius 1 is 1.24 bits per heavy atom. The highest BCUT2D eigenvalue weighted by Crippen LogP contribution is 2.15. The number of benzene rings is 2. The second-order valence-electron chi connectivity index (χ2n) is 4.92. The van der Waals surface area contributed by atoms with Gasteiger partial charge in [0.1, 0.15) is 11.6 Å². The number of urea groups is 1. The third-order valence-electron chi connectivity index (χ3n) is 3.13. The number of carbonyl (C=O) groups excluding carboxylic acids is 1. The standard InChI is InChI=1S/C16H17FN2O2/c1-11-3-6-13(9-15(11)17)18-16(21)19(2)10-12-4-7-14(20)8-5-12/h3-9,20H,10H2,1-2H3,(H,18,21). The number of aromatic hydroxyl groups is 1. The van der Waals surface area contributed by atoms with E-state index in [4.69, 9.17) is 0 Å². The van der Waals surface area contributed by atoms with Gasteiger partial charge in [-0.1, -0.05) is 18.2 Å². The summed E-state index contributed by atoms with van der Waals surface area (Å²) < 4.78 is 13.4. The summed E-state index contributed by atoms with van der Waals surface area (Å²) in [6.07, 6.45) is 0. The molecule has 21 heavy (non-hydrogen) atoms. The molecule has 0 aliphatic rings. The highest BCUT2D eigenvalue weighted by molar-refractivity contribution is 5.89. The third kappa shape index (κ3) is 3.95. The van der Waals surface area contributed by atoms with Crippen molar-refractivity contribution in [3.8, 4) is 5.75 Å². The van der Waals surface area contributed by atoms with Gasteiger partial charge in [-0.2, -0.15) is 0 Å². The van der Waals surface area contributed by atoms with Crippen LogP contribution < -0.4 is 5.32 Å². The normalized spacial score (nSPS) is 10.2. The average molecular weight is 288 g/mol. The summed E-state index contributed by atoms with van der Waals surface area (Å²) in [5.74, 6) is -0.171. The molecule has 0 radical (unpaired) electrons. The van der Waals surface area contributed by atoms with Crippen LogP contribution in [-0.4, -0.2) is 23.1 Å². The number of hydrogen-bond acceptors (Lipinski definition) is 2. The summed E-state index contributed by atoms with van der Waals surface area (Å²) in [6.45, 7) is 2.05. The molecule has 0 aromatic heterocycles. The second-order valence-corrected chi connectivity index (χ2v) is 4.92. The van der Waals surface area contributed by atoms with Crippen molar-refractivity contribution in [3.63, 3.8) is 0 Å². The molecule has 2 aromatic carbocycles. The van der Waals surface area contributed by atoms with E-state index in [1.54, 1.807) is 50.4 Å². The first-order valence-electron chi connectivity index (χ1n) is 6.52. The van der Waals surface area contributed by atoms with E-state index in [9.17, 15) is 14.3 Å². The molecule has 0 fully saturated rings. The zero-order valence-corrected chi connectivity index (χ0v) is 11.9. The van der Waals surface area contributed by atoms with Crippen molar-refractivity contribution in [3.05, 3.63) is 59.4 Å². The molecule has 0 heterocycles. The van der Waals surface area contributed by atoms with Crippen molar-refractivity contribution in [2.45, 2.75) is 13.5 Å². The van der Waals surface area contributed by atoms with E-state index in [1.807, 2.05) is 0 Å². The smallest absolute Gasteiger partial charge is 0.321 e. The van der Waals surface area contributed by atoms with Crippen LogP contribution in [-0.2, 0) is 6.54 Å². The fourth-order valence-electron chi connectivity index (χ4n) is 1.84. The number of amides is 2. The van der Waals surface area contributed by atoms with Gasteiger partial charge in [-0.25, -0.2) is 9.18 Å². The van der Waals surface area contributed by atoms with Crippen LogP contribution in [0.15, 0.2) is 42.5 Å². The van der Waals surface area contributed by atoms with Crippen LogP contribution in [0, 0.1) is 12.7 Å². The fourth-order valence-corrected chi connectivity index (χ4v) is 1.84. The van der Waals surface area contributed by atoms with E-state index < -0.39 is 0 Å². The molecule has 0 atom stereocenters. The Hall–Kier alpha value is -2.56. The number of hydrogen-bond donors (Lipinski definition) is 2. The molecular formula is C16H17FN2O2. The number of phenols is 1. The van der Waals surface area contributed by atoms with Crippen molar-refractivity contribution in [1.29, 1.82) is 0 Å². The monoisotopic (exact) mass is 288 g/mol. The lowest BCUT2D eigenvalue weighted by atomic mass is 10.2. The molecule has 110 valence electrons. The number of carbonyl (C=O) groups is 1. The average Bonchev–Trinajstić information content (AvgIpc) is 2.45. The highest BCUT2D eigenvalue weighted by Gasteiger charge is 2.10.